The molecule has 0 bridgehead atoms. The second kappa shape index (κ2) is 5.39. The van der Waals surface area contributed by atoms with Gasteiger partial charge in [-0.1, -0.05) is 6.07 Å². The van der Waals surface area contributed by atoms with Crippen LogP contribution in [-0.2, 0) is 0 Å². The topological polar surface area (TPSA) is 16.1 Å². The van der Waals surface area contributed by atoms with Crippen molar-refractivity contribution >= 4 is 0 Å². The first-order valence-corrected chi connectivity index (χ1v) is 4.48. The van der Waals surface area contributed by atoms with Gasteiger partial charge in [0.15, 0.2) is 0 Å². The summed E-state index contributed by atoms with van der Waals surface area (Å²) in [5, 5.41) is 0. The number of likely N-dealkylation sites (tertiary alicyclic amines) is 1. The molecule has 0 spiro atoms. The molecule has 2 rings (SSSR count). The van der Waals surface area contributed by atoms with Crippen LogP contribution in [0.1, 0.15) is 24.4 Å². The average Bonchev–Trinajstić information content (AvgIpc) is 2.53. The van der Waals surface area contributed by atoms with Gasteiger partial charge in [0.2, 0.25) is 0 Å². The Balaban J connectivity index is 0.000000845. The zero-order chi connectivity index (χ0) is 8.39. The van der Waals surface area contributed by atoms with Crippen LogP contribution in [0.3, 0.4) is 0 Å². The van der Waals surface area contributed by atoms with E-state index in [1.807, 2.05) is 18.5 Å². The van der Waals surface area contributed by atoms with Crippen LogP contribution in [-0.4, -0.2) is 23.5 Å². The maximum atomic E-state index is 4.14. The van der Waals surface area contributed by atoms with E-state index < -0.39 is 0 Å². The Kier molecular flexibility index (Phi) is 4.79. The fourth-order valence-corrected chi connectivity index (χ4v) is 1.90. The predicted molar refractivity (Wildman–Crippen MR) is 48.8 cm³/mol. The molecule has 68 valence electrons. The van der Waals surface area contributed by atoms with Gasteiger partial charge in [-0.2, -0.15) is 0 Å². The van der Waals surface area contributed by atoms with Gasteiger partial charge in [0, 0.05) is 60.2 Å². The molecule has 2 nitrogen and oxygen atoms in total. The zero-order valence-corrected chi connectivity index (χ0v) is 11.0. The van der Waals surface area contributed by atoms with Crippen molar-refractivity contribution in [3.63, 3.8) is 0 Å². The van der Waals surface area contributed by atoms with Crippen LogP contribution in [0, 0.1) is 41.7 Å². The number of pyridine rings is 1. The molecule has 1 aromatic rings. The summed E-state index contributed by atoms with van der Waals surface area (Å²) >= 11 is 0. The predicted octanol–water partition coefficient (Wildman–Crippen LogP) is 1.85. The Morgan fingerprint density at radius 1 is 1.54 bits per heavy atom. The fraction of sp³-hybridized carbons (Fsp3) is 0.500. The second-order valence-electron chi connectivity index (χ2n) is 3.42. The standard InChI is InChI=1S/C10H14N2.Ce/c1-12-7-3-5-10(12)9-4-2-6-11-8-9;/h2,4,6,8,10H,3,5,7H2,1H3;. The first-order valence-electron chi connectivity index (χ1n) is 4.48. The van der Waals surface area contributed by atoms with E-state index in [1.54, 1.807) is 0 Å². The number of hydrogen-bond acceptors (Lipinski definition) is 2. The molecule has 3 heteroatoms. The molecule has 1 atom stereocenters. The third kappa shape index (κ3) is 2.72. The van der Waals surface area contributed by atoms with Crippen molar-refractivity contribution in [1.29, 1.82) is 0 Å². The van der Waals surface area contributed by atoms with E-state index in [2.05, 4.69) is 23.0 Å². The second-order valence-corrected chi connectivity index (χ2v) is 3.42. The van der Waals surface area contributed by atoms with E-state index in [9.17, 15) is 0 Å². The number of aromatic nitrogens is 1. The van der Waals surface area contributed by atoms with Crippen molar-refractivity contribution < 1.29 is 41.7 Å². The maximum Gasteiger partial charge on any atom is 0.0360 e. The Morgan fingerprint density at radius 3 is 2.92 bits per heavy atom. The quantitative estimate of drug-likeness (QED) is 0.787. The largest absolute Gasteiger partial charge is 0.299 e. The van der Waals surface area contributed by atoms with Gasteiger partial charge in [0.25, 0.3) is 0 Å². The van der Waals surface area contributed by atoms with Gasteiger partial charge in [-0.05, 0) is 38.1 Å². The Morgan fingerprint density at radius 2 is 2.38 bits per heavy atom. The average molecular weight is 302 g/mol. The molecule has 1 aliphatic heterocycles. The van der Waals surface area contributed by atoms with Gasteiger partial charge in [-0.25, -0.2) is 0 Å². The third-order valence-corrected chi connectivity index (χ3v) is 2.59. The van der Waals surface area contributed by atoms with Crippen molar-refractivity contribution in [1.82, 2.24) is 9.88 Å². The molecule has 13 heavy (non-hydrogen) atoms. The molecular formula is C10H14CeN2. The summed E-state index contributed by atoms with van der Waals surface area (Å²) < 4.78 is 0. The van der Waals surface area contributed by atoms with E-state index >= 15 is 0 Å². The summed E-state index contributed by atoms with van der Waals surface area (Å²) in [5.41, 5.74) is 1.36. The summed E-state index contributed by atoms with van der Waals surface area (Å²) in [5.74, 6) is 0. The van der Waals surface area contributed by atoms with Gasteiger partial charge in [0.05, 0.1) is 0 Å². The van der Waals surface area contributed by atoms with Crippen LogP contribution in [0.4, 0.5) is 0 Å². The first-order chi connectivity index (χ1) is 5.88. The fourth-order valence-electron chi connectivity index (χ4n) is 1.90. The van der Waals surface area contributed by atoms with E-state index in [1.165, 1.54) is 24.9 Å². The molecule has 2 heterocycles. The normalized spacial score (nSPS) is 22.7. The van der Waals surface area contributed by atoms with E-state index in [-0.39, 0.29) is 41.7 Å². The minimum absolute atomic E-state index is 0. The molecule has 0 amide bonds. The first kappa shape index (κ1) is 11.6. The Bertz CT molecular complexity index is 250. The van der Waals surface area contributed by atoms with Crippen molar-refractivity contribution in [3.05, 3.63) is 30.1 Å². The van der Waals surface area contributed by atoms with Crippen LogP contribution in [0.2, 0.25) is 0 Å². The molecule has 1 aromatic heterocycles. The number of hydrogen-bond donors (Lipinski definition) is 0. The summed E-state index contributed by atoms with van der Waals surface area (Å²) in [7, 11) is 2.19. The SMILES string of the molecule is CN1CCCC1c1cccnc1.[Ce]. The molecule has 1 saturated heterocycles. The van der Waals surface area contributed by atoms with Crippen LogP contribution in [0.15, 0.2) is 24.5 Å². The molecule has 0 N–H and O–H groups in total. The molecule has 1 unspecified atom stereocenters. The summed E-state index contributed by atoms with van der Waals surface area (Å²) in [4.78, 5) is 6.54. The van der Waals surface area contributed by atoms with E-state index in [0.29, 0.717) is 6.04 Å². The van der Waals surface area contributed by atoms with E-state index in [4.69, 9.17) is 0 Å². The molecule has 0 aromatic carbocycles. The summed E-state index contributed by atoms with van der Waals surface area (Å²) in [6.45, 7) is 1.22. The van der Waals surface area contributed by atoms with Crippen molar-refractivity contribution in [2.24, 2.45) is 0 Å². The van der Waals surface area contributed by atoms with Gasteiger partial charge < -0.3 is 0 Å². The monoisotopic (exact) mass is 302 g/mol. The van der Waals surface area contributed by atoms with Crippen molar-refractivity contribution in [2.75, 3.05) is 13.6 Å². The maximum absolute atomic E-state index is 4.14. The van der Waals surface area contributed by atoms with Crippen molar-refractivity contribution in [2.45, 2.75) is 18.9 Å². The Hall–Kier alpha value is 0.487. The molecule has 1 fully saturated rings. The smallest absolute Gasteiger partial charge is 0.0360 e. The summed E-state index contributed by atoms with van der Waals surface area (Å²) in [6, 6.07) is 4.79. The number of rotatable bonds is 1. The van der Waals surface area contributed by atoms with Gasteiger partial charge in [-0.3, -0.25) is 9.88 Å². The minimum Gasteiger partial charge on any atom is -0.299 e. The molecule has 0 radical (unpaired) electrons. The van der Waals surface area contributed by atoms with Crippen LogP contribution >= 0.6 is 0 Å². The van der Waals surface area contributed by atoms with Gasteiger partial charge in [0.1, 0.15) is 0 Å². The van der Waals surface area contributed by atoms with E-state index in [0.717, 1.165) is 0 Å². The minimum atomic E-state index is 0. The molecular weight excluding hydrogens is 288 g/mol. The van der Waals surface area contributed by atoms with Gasteiger partial charge in [-0.15, -0.1) is 0 Å². The van der Waals surface area contributed by atoms with Crippen LogP contribution < -0.4 is 0 Å². The van der Waals surface area contributed by atoms with Crippen LogP contribution in [0.25, 0.3) is 0 Å². The summed E-state index contributed by atoms with van der Waals surface area (Å²) in [6.07, 6.45) is 6.41. The molecule has 0 saturated carbocycles. The Labute approximate surface area is 113 Å². The molecule has 1 aliphatic rings. The zero-order valence-electron chi connectivity index (χ0n) is 7.90. The number of nitrogens with zero attached hydrogens (tertiary/aromatic N) is 2. The van der Waals surface area contributed by atoms with Crippen molar-refractivity contribution in [3.8, 4) is 0 Å². The molecule has 0 aliphatic carbocycles. The van der Waals surface area contributed by atoms with Gasteiger partial charge >= 0.3 is 0 Å². The third-order valence-electron chi connectivity index (χ3n) is 2.59. The van der Waals surface area contributed by atoms with Crippen LogP contribution in [0.5, 0.6) is 0 Å².